The Morgan fingerprint density at radius 3 is 1.29 bits per heavy atom. The van der Waals surface area contributed by atoms with E-state index in [0.717, 1.165) is 38.5 Å². The number of aliphatic hydroxyl groups is 2. The molecule has 0 spiro atoms. The second-order valence-electron chi connectivity index (χ2n) is 6.03. The van der Waals surface area contributed by atoms with Gasteiger partial charge in [0.25, 0.3) is 0 Å². The molecule has 0 amide bonds. The first-order chi connectivity index (χ1) is 10.1. The molecule has 21 heavy (non-hydrogen) atoms. The van der Waals surface area contributed by atoms with Crippen molar-refractivity contribution in [2.24, 2.45) is 17.0 Å². The fraction of sp³-hybridized carbons (Fsp3) is 0.941. The predicted octanol–water partition coefficient (Wildman–Crippen LogP) is 3.97. The summed E-state index contributed by atoms with van der Waals surface area (Å²) in [6.45, 7) is 8.21. The predicted molar refractivity (Wildman–Crippen MR) is 87.8 cm³/mol. The molecule has 0 aliphatic heterocycles. The summed E-state index contributed by atoms with van der Waals surface area (Å²) in [7, 11) is 0. The Labute approximate surface area is 130 Å². The summed E-state index contributed by atoms with van der Waals surface area (Å²) in [5.41, 5.74) is 0.598. The fourth-order valence-electron chi connectivity index (χ4n) is 3.11. The Morgan fingerprint density at radius 1 is 0.714 bits per heavy atom. The van der Waals surface area contributed by atoms with Crippen LogP contribution in [0, 0.1) is 11.8 Å². The standard InChI is InChI=1S/C17H35NO3/c1-5-9-13(15(19)11-7-3)17(18-21)14(10-6-2)16(20)12-8-4/h13-16,19-21H,5-12H2,1-4H3. The molecule has 4 heteroatoms. The van der Waals surface area contributed by atoms with E-state index in [9.17, 15) is 15.4 Å². The van der Waals surface area contributed by atoms with Crippen molar-refractivity contribution < 1.29 is 15.4 Å². The van der Waals surface area contributed by atoms with Gasteiger partial charge in [-0.25, -0.2) is 0 Å². The van der Waals surface area contributed by atoms with E-state index in [2.05, 4.69) is 19.0 Å². The number of rotatable bonds is 12. The molecule has 0 fully saturated rings. The van der Waals surface area contributed by atoms with E-state index in [-0.39, 0.29) is 11.8 Å². The lowest BCUT2D eigenvalue weighted by Crippen LogP contribution is -2.38. The molecule has 0 aromatic rings. The molecule has 0 aromatic carbocycles. The zero-order valence-electron chi connectivity index (χ0n) is 14.3. The van der Waals surface area contributed by atoms with Gasteiger partial charge in [-0.2, -0.15) is 0 Å². The van der Waals surface area contributed by atoms with Gasteiger partial charge in [-0.1, -0.05) is 58.5 Å². The number of aliphatic hydroxyl groups excluding tert-OH is 2. The lowest BCUT2D eigenvalue weighted by Gasteiger charge is -2.31. The molecule has 4 nitrogen and oxygen atoms in total. The van der Waals surface area contributed by atoms with Gasteiger partial charge in [0.1, 0.15) is 0 Å². The van der Waals surface area contributed by atoms with E-state index in [1.807, 2.05) is 13.8 Å². The van der Waals surface area contributed by atoms with Gasteiger partial charge in [0.2, 0.25) is 0 Å². The summed E-state index contributed by atoms with van der Waals surface area (Å²) in [6.07, 6.45) is 5.65. The lowest BCUT2D eigenvalue weighted by molar-refractivity contribution is 0.0969. The number of hydrogen-bond acceptors (Lipinski definition) is 4. The average Bonchev–Trinajstić information content (AvgIpc) is 2.46. The largest absolute Gasteiger partial charge is 0.411 e. The Hall–Kier alpha value is -0.610. The first-order valence-corrected chi connectivity index (χ1v) is 8.65. The first kappa shape index (κ1) is 20.4. The molecule has 0 bridgehead atoms. The normalized spacial score (nSPS) is 17.0. The molecular weight excluding hydrogens is 266 g/mol. The molecule has 0 saturated heterocycles. The summed E-state index contributed by atoms with van der Waals surface area (Å²) in [5.74, 6) is -0.300. The van der Waals surface area contributed by atoms with E-state index >= 15 is 0 Å². The molecule has 3 N–H and O–H groups in total. The van der Waals surface area contributed by atoms with Crippen molar-refractivity contribution in [1.29, 1.82) is 0 Å². The van der Waals surface area contributed by atoms with E-state index in [4.69, 9.17) is 0 Å². The van der Waals surface area contributed by atoms with Crippen LogP contribution in [0.25, 0.3) is 0 Å². The maximum absolute atomic E-state index is 10.4. The van der Waals surface area contributed by atoms with Gasteiger partial charge < -0.3 is 15.4 Å². The van der Waals surface area contributed by atoms with Crippen molar-refractivity contribution in [2.45, 2.75) is 91.3 Å². The molecule has 4 unspecified atom stereocenters. The zero-order valence-corrected chi connectivity index (χ0v) is 14.3. The van der Waals surface area contributed by atoms with Crippen molar-refractivity contribution in [1.82, 2.24) is 0 Å². The monoisotopic (exact) mass is 301 g/mol. The van der Waals surface area contributed by atoms with Gasteiger partial charge in [-0.15, -0.1) is 0 Å². The van der Waals surface area contributed by atoms with Crippen LogP contribution in [0.1, 0.15) is 79.1 Å². The number of oxime groups is 1. The molecule has 0 heterocycles. The smallest absolute Gasteiger partial charge is 0.0683 e. The van der Waals surface area contributed by atoms with Crippen LogP contribution in [-0.4, -0.2) is 33.3 Å². The minimum atomic E-state index is -0.492. The molecule has 0 aliphatic carbocycles. The van der Waals surface area contributed by atoms with Gasteiger partial charge in [0.15, 0.2) is 0 Å². The van der Waals surface area contributed by atoms with E-state index in [1.54, 1.807) is 0 Å². The van der Waals surface area contributed by atoms with Crippen molar-refractivity contribution in [3.63, 3.8) is 0 Å². The quantitative estimate of drug-likeness (QED) is 0.290. The summed E-state index contributed by atoms with van der Waals surface area (Å²) < 4.78 is 0. The fourth-order valence-corrected chi connectivity index (χ4v) is 3.11. The third-order valence-electron chi connectivity index (χ3n) is 4.17. The molecule has 4 atom stereocenters. The van der Waals surface area contributed by atoms with Crippen LogP contribution < -0.4 is 0 Å². The summed E-state index contributed by atoms with van der Waals surface area (Å²) in [4.78, 5) is 0. The van der Waals surface area contributed by atoms with Crippen LogP contribution in [-0.2, 0) is 0 Å². The van der Waals surface area contributed by atoms with Crippen molar-refractivity contribution in [3.05, 3.63) is 0 Å². The van der Waals surface area contributed by atoms with Crippen molar-refractivity contribution in [2.75, 3.05) is 0 Å². The zero-order chi connectivity index (χ0) is 16.3. The summed E-state index contributed by atoms with van der Waals surface area (Å²) in [6, 6.07) is 0. The Balaban J connectivity index is 5.23. The van der Waals surface area contributed by atoms with Gasteiger partial charge >= 0.3 is 0 Å². The second kappa shape index (κ2) is 12.0. The van der Waals surface area contributed by atoms with Crippen LogP contribution in [0.4, 0.5) is 0 Å². The number of nitrogens with zero attached hydrogens (tertiary/aromatic N) is 1. The van der Waals surface area contributed by atoms with Crippen molar-refractivity contribution in [3.8, 4) is 0 Å². The minimum Gasteiger partial charge on any atom is -0.411 e. The van der Waals surface area contributed by atoms with Crippen LogP contribution in [0.3, 0.4) is 0 Å². The van der Waals surface area contributed by atoms with Gasteiger partial charge in [0.05, 0.1) is 17.9 Å². The minimum absolute atomic E-state index is 0.150. The maximum Gasteiger partial charge on any atom is 0.0683 e. The van der Waals surface area contributed by atoms with Crippen LogP contribution in [0.15, 0.2) is 5.16 Å². The topological polar surface area (TPSA) is 73.1 Å². The molecule has 0 radical (unpaired) electrons. The van der Waals surface area contributed by atoms with Gasteiger partial charge in [-0.05, 0) is 25.7 Å². The average molecular weight is 301 g/mol. The highest BCUT2D eigenvalue weighted by Gasteiger charge is 2.33. The highest BCUT2D eigenvalue weighted by Crippen LogP contribution is 2.27. The van der Waals surface area contributed by atoms with E-state index in [0.29, 0.717) is 18.6 Å². The third-order valence-corrected chi connectivity index (χ3v) is 4.17. The second-order valence-corrected chi connectivity index (χ2v) is 6.03. The summed E-state index contributed by atoms with van der Waals surface area (Å²) >= 11 is 0. The number of hydrogen-bond donors (Lipinski definition) is 3. The highest BCUT2D eigenvalue weighted by molar-refractivity contribution is 5.89. The SMILES string of the molecule is CCCC(O)C(CCC)C(=NO)C(CCC)C(O)CCC. The Morgan fingerprint density at radius 2 is 1.05 bits per heavy atom. The highest BCUT2D eigenvalue weighted by atomic mass is 16.4. The van der Waals surface area contributed by atoms with Crippen LogP contribution >= 0.6 is 0 Å². The molecule has 0 saturated carbocycles. The maximum atomic E-state index is 10.4. The van der Waals surface area contributed by atoms with E-state index < -0.39 is 12.2 Å². The summed E-state index contributed by atoms with van der Waals surface area (Å²) in [5, 5.41) is 33.8. The molecular formula is C17H35NO3. The van der Waals surface area contributed by atoms with Gasteiger partial charge in [-0.3, -0.25) is 0 Å². The van der Waals surface area contributed by atoms with E-state index in [1.165, 1.54) is 0 Å². The Bertz CT molecular complexity index is 257. The molecule has 0 rings (SSSR count). The molecule has 126 valence electrons. The molecule has 0 aromatic heterocycles. The lowest BCUT2D eigenvalue weighted by atomic mass is 9.78. The third kappa shape index (κ3) is 6.79. The Kier molecular flexibility index (Phi) is 11.6. The first-order valence-electron chi connectivity index (χ1n) is 8.65. The molecule has 0 aliphatic rings. The van der Waals surface area contributed by atoms with Crippen LogP contribution in [0.5, 0.6) is 0 Å². The van der Waals surface area contributed by atoms with Crippen LogP contribution in [0.2, 0.25) is 0 Å². The van der Waals surface area contributed by atoms with Gasteiger partial charge in [0, 0.05) is 11.8 Å². The van der Waals surface area contributed by atoms with Crippen molar-refractivity contribution >= 4 is 5.71 Å².